The highest BCUT2D eigenvalue weighted by molar-refractivity contribution is 6.32. The van der Waals surface area contributed by atoms with Crippen molar-refractivity contribution in [2.75, 3.05) is 13.2 Å². The second kappa shape index (κ2) is 4.83. The fourth-order valence-electron chi connectivity index (χ4n) is 0.908. The Morgan fingerprint density at radius 1 is 1.25 bits per heavy atom. The van der Waals surface area contributed by atoms with Gasteiger partial charge in [-0.1, -0.05) is 17.6 Å². The predicted molar refractivity (Wildman–Crippen MR) is 53.8 cm³/mol. The molecule has 0 atom stereocenters. The van der Waals surface area contributed by atoms with Crippen LogP contribution in [0.15, 0.2) is 24.3 Å². The van der Waals surface area contributed by atoms with Gasteiger partial charge in [0.05, 0.1) is 6.61 Å². The van der Waals surface area contributed by atoms with Crippen LogP contribution in [0.4, 0.5) is 0 Å². The maximum absolute atomic E-state index is 5.42. The molecule has 1 aromatic rings. The summed E-state index contributed by atoms with van der Waals surface area (Å²) >= 11 is 0. The molecule has 1 aromatic carbocycles. The maximum Gasteiger partial charge on any atom is 0.139 e. The number of hydrogen-bond donors (Lipinski definition) is 1. The minimum absolute atomic E-state index is 0.686. The lowest BCUT2D eigenvalue weighted by atomic mass is 9.97. The van der Waals surface area contributed by atoms with Gasteiger partial charge in [-0.3, -0.25) is 0 Å². The van der Waals surface area contributed by atoms with Gasteiger partial charge >= 0.3 is 0 Å². The standard InChI is InChI=1S/C9H14BNO/c10-8-2-4-9(5-3-8)12-7-1-6-11/h2-5H,1,6-7,10-11H2. The molecule has 0 fully saturated rings. The van der Waals surface area contributed by atoms with Gasteiger partial charge in [-0.15, -0.1) is 0 Å². The highest BCUT2D eigenvalue weighted by atomic mass is 16.5. The predicted octanol–water partition coefficient (Wildman–Crippen LogP) is -0.327. The van der Waals surface area contributed by atoms with Crippen LogP contribution in [0, 0.1) is 0 Å². The normalized spacial score (nSPS) is 9.75. The smallest absolute Gasteiger partial charge is 0.139 e. The molecule has 2 N–H and O–H groups in total. The van der Waals surface area contributed by atoms with E-state index >= 15 is 0 Å². The quantitative estimate of drug-likeness (QED) is 0.487. The third-order valence-electron chi connectivity index (χ3n) is 1.64. The largest absolute Gasteiger partial charge is 0.494 e. The summed E-state index contributed by atoms with van der Waals surface area (Å²) in [6.45, 7) is 1.39. The molecule has 0 aliphatic carbocycles. The number of nitrogens with two attached hydrogens (primary N) is 1. The molecule has 0 radical (unpaired) electrons. The van der Waals surface area contributed by atoms with Crippen molar-refractivity contribution >= 4 is 13.3 Å². The Morgan fingerprint density at radius 2 is 1.92 bits per heavy atom. The SMILES string of the molecule is Bc1ccc(OCCCN)cc1. The fraction of sp³-hybridized carbons (Fsp3) is 0.333. The van der Waals surface area contributed by atoms with Crippen LogP contribution in [0.5, 0.6) is 5.75 Å². The first-order valence-electron chi connectivity index (χ1n) is 4.22. The average molecular weight is 163 g/mol. The Hall–Kier alpha value is -0.955. The van der Waals surface area contributed by atoms with E-state index in [0.717, 1.165) is 12.2 Å². The van der Waals surface area contributed by atoms with Crippen LogP contribution in [0.25, 0.3) is 0 Å². The van der Waals surface area contributed by atoms with Crippen LogP contribution in [0.3, 0.4) is 0 Å². The highest BCUT2D eigenvalue weighted by Crippen LogP contribution is 2.06. The summed E-state index contributed by atoms with van der Waals surface area (Å²) in [5.41, 5.74) is 6.59. The molecule has 0 spiro atoms. The third-order valence-corrected chi connectivity index (χ3v) is 1.64. The lowest BCUT2D eigenvalue weighted by molar-refractivity contribution is 0.313. The van der Waals surface area contributed by atoms with E-state index < -0.39 is 0 Å². The first-order valence-corrected chi connectivity index (χ1v) is 4.22. The molecule has 1 rings (SSSR count). The second-order valence-corrected chi connectivity index (χ2v) is 2.80. The van der Waals surface area contributed by atoms with Crippen LogP contribution < -0.4 is 15.9 Å². The van der Waals surface area contributed by atoms with Crippen LogP contribution in [0.1, 0.15) is 6.42 Å². The summed E-state index contributed by atoms with van der Waals surface area (Å²) in [6.07, 6.45) is 0.911. The zero-order valence-corrected chi connectivity index (χ0v) is 7.42. The number of ether oxygens (including phenoxy) is 1. The topological polar surface area (TPSA) is 35.2 Å². The Bertz CT molecular complexity index is 222. The van der Waals surface area contributed by atoms with Gasteiger partial charge in [0.15, 0.2) is 0 Å². The molecule has 0 aliphatic rings. The Kier molecular flexibility index (Phi) is 3.68. The van der Waals surface area contributed by atoms with E-state index in [1.54, 1.807) is 0 Å². The molecule has 0 aromatic heterocycles. The van der Waals surface area contributed by atoms with Gasteiger partial charge in [-0.25, -0.2) is 0 Å². The lowest BCUT2D eigenvalue weighted by Gasteiger charge is -2.04. The van der Waals surface area contributed by atoms with Crippen molar-refractivity contribution in [3.63, 3.8) is 0 Å². The fourth-order valence-corrected chi connectivity index (χ4v) is 0.908. The monoisotopic (exact) mass is 163 g/mol. The van der Waals surface area contributed by atoms with E-state index in [1.165, 1.54) is 5.46 Å². The van der Waals surface area contributed by atoms with Gasteiger partial charge in [0.2, 0.25) is 0 Å². The van der Waals surface area contributed by atoms with Crippen molar-refractivity contribution in [2.24, 2.45) is 5.73 Å². The van der Waals surface area contributed by atoms with Gasteiger partial charge in [0, 0.05) is 0 Å². The molecule has 0 amide bonds. The third kappa shape index (κ3) is 2.97. The van der Waals surface area contributed by atoms with Gasteiger partial charge in [0.25, 0.3) is 0 Å². The van der Waals surface area contributed by atoms with Crippen molar-refractivity contribution < 1.29 is 4.74 Å². The number of hydrogen-bond acceptors (Lipinski definition) is 2. The van der Waals surface area contributed by atoms with E-state index in [9.17, 15) is 0 Å². The second-order valence-electron chi connectivity index (χ2n) is 2.80. The van der Waals surface area contributed by atoms with Gasteiger partial charge < -0.3 is 10.5 Å². The molecule has 0 unspecified atom stereocenters. The molecule has 64 valence electrons. The first-order chi connectivity index (χ1) is 5.83. The molecule has 0 saturated carbocycles. The highest BCUT2D eigenvalue weighted by Gasteiger charge is 1.91. The van der Waals surface area contributed by atoms with Crippen LogP contribution in [-0.4, -0.2) is 21.0 Å². The molecule has 12 heavy (non-hydrogen) atoms. The zero-order chi connectivity index (χ0) is 8.81. The molecule has 0 saturated heterocycles. The van der Waals surface area contributed by atoms with Crippen LogP contribution in [-0.2, 0) is 0 Å². The Labute approximate surface area is 74.1 Å². The molecule has 2 nitrogen and oxygen atoms in total. The summed E-state index contributed by atoms with van der Waals surface area (Å²) in [7, 11) is 2.06. The Morgan fingerprint density at radius 3 is 2.50 bits per heavy atom. The van der Waals surface area contributed by atoms with Crippen LogP contribution >= 0.6 is 0 Å². The van der Waals surface area contributed by atoms with Crippen molar-refractivity contribution in [1.29, 1.82) is 0 Å². The van der Waals surface area contributed by atoms with Crippen LogP contribution in [0.2, 0.25) is 0 Å². The first kappa shape index (κ1) is 9.14. The molecule has 0 heterocycles. The van der Waals surface area contributed by atoms with Gasteiger partial charge in [0.1, 0.15) is 13.6 Å². The summed E-state index contributed by atoms with van der Waals surface area (Å²) in [5.74, 6) is 0.925. The van der Waals surface area contributed by atoms with E-state index in [0.29, 0.717) is 13.2 Å². The van der Waals surface area contributed by atoms with Gasteiger partial charge in [-0.05, 0) is 25.1 Å². The summed E-state index contributed by atoms with van der Waals surface area (Å²) in [4.78, 5) is 0. The van der Waals surface area contributed by atoms with Crippen molar-refractivity contribution in [3.8, 4) is 5.75 Å². The summed E-state index contributed by atoms with van der Waals surface area (Å²) in [6, 6.07) is 8.03. The van der Waals surface area contributed by atoms with Crippen molar-refractivity contribution in [1.82, 2.24) is 0 Å². The van der Waals surface area contributed by atoms with E-state index in [2.05, 4.69) is 7.85 Å². The number of rotatable bonds is 4. The van der Waals surface area contributed by atoms with Crippen molar-refractivity contribution in [3.05, 3.63) is 24.3 Å². The summed E-state index contributed by atoms with van der Waals surface area (Å²) in [5, 5.41) is 0. The lowest BCUT2D eigenvalue weighted by Crippen LogP contribution is -2.07. The molecular formula is C9H14BNO. The Balaban J connectivity index is 2.37. The average Bonchev–Trinajstić information content (AvgIpc) is 2.09. The molecule has 0 aliphatic heterocycles. The van der Waals surface area contributed by atoms with Crippen molar-refractivity contribution in [2.45, 2.75) is 6.42 Å². The minimum Gasteiger partial charge on any atom is -0.494 e. The molecule has 0 bridgehead atoms. The summed E-state index contributed by atoms with van der Waals surface area (Å²) < 4.78 is 5.42. The number of benzene rings is 1. The van der Waals surface area contributed by atoms with E-state index in [4.69, 9.17) is 10.5 Å². The minimum atomic E-state index is 0.686. The molecular weight excluding hydrogens is 149 g/mol. The van der Waals surface area contributed by atoms with Gasteiger partial charge in [-0.2, -0.15) is 0 Å². The zero-order valence-electron chi connectivity index (χ0n) is 7.42. The van der Waals surface area contributed by atoms with E-state index in [1.807, 2.05) is 24.3 Å². The maximum atomic E-state index is 5.42. The van der Waals surface area contributed by atoms with E-state index in [-0.39, 0.29) is 0 Å². The molecule has 3 heteroatoms.